The highest BCUT2D eigenvalue weighted by Crippen LogP contribution is 2.22. The molecule has 0 saturated carbocycles. The van der Waals surface area contributed by atoms with Gasteiger partial charge in [-0.2, -0.15) is 5.26 Å². The molecule has 0 aliphatic carbocycles. The molecule has 2 heteroatoms. The smallest absolute Gasteiger partial charge is 0.0991 e. The van der Waals surface area contributed by atoms with Crippen LogP contribution in [0.3, 0.4) is 0 Å². The van der Waals surface area contributed by atoms with E-state index < -0.39 is 0 Å². The summed E-state index contributed by atoms with van der Waals surface area (Å²) < 4.78 is 0. The lowest BCUT2D eigenvalue weighted by molar-refractivity contribution is 0.383. The van der Waals surface area contributed by atoms with Crippen molar-refractivity contribution < 1.29 is 0 Å². The van der Waals surface area contributed by atoms with Gasteiger partial charge in [-0.1, -0.05) is 12.1 Å². The first kappa shape index (κ1) is 7.33. The Labute approximate surface area is 71.8 Å². The largest absolute Gasteiger partial charge is 0.310 e. The molecule has 0 bridgehead atoms. The van der Waals surface area contributed by atoms with Crippen molar-refractivity contribution in [3.05, 3.63) is 35.4 Å². The van der Waals surface area contributed by atoms with Crippen LogP contribution in [0, 0.1) is 11.3 Å². The van der Waals surface area contributed by atoms with E-state index in [1.54, 1.807) is 0 Å². The zero-order valence-electron chi connectivity index (χ0n) is 6.75. The van der Waals surface area contributed by atoms with Crippen LogP contribution in [0.2, 0.25) is 0 Å². The van der Waals surface area contributed by atoms with Crippen molar-refractivity contribution in [2.75, 3.05) is 6.54 Å². The van der Waals surface area contributed by atoms with Gasteiger partial charge >= 0.3 is 0 Å². The van der Waals surface area contributed by atoms with Crippen molar-refractivity contribution in [1.29, 1.82) is 5.26 Å². The first-order chi connectivity index (χ1) is 5.90. The van der Waals surface area contributed by atoms with E-state index in [-0.39, 0.29) is 0 Å². The van der Waals surface area contributed by atoms with E-state index in [9.17, 15) is 0 Å². The van der Waals surface area contributed by atoms with Gasteiger partial charge in [0, 0.05) is 6.04 Å². The van der Waals surface area contributed by atoms with Crippen molar-refractivity contribution in [1.82, 2.24) is 5.32 Å². The summed E-state index contributed by atoms with van der Waals surface area (Å²) in [6.45, 7) is 1.12. The Morgan fingerprint density at radius 1 is 1.33 bits per heavy atom. The zero-order valence-corrected chi connectivity index (χ0v) is 6.75. The van der Waals surface area contributed by atoms with E-state index in [2.05, 4.69) is 11.4 Å². The van der Waals surface area contributed by atoms with Crippen LogP contribution in [-0.2, 0) is 0 Å². The van der Waals surface area contributed by atoms with Crippen LogP contribution in [0.4, 0.5) is 0 Å². The molecule has 1 fully saturated rings. The summed E-state index contributed by atoms with van der Waals surface area (Å²) in [6, 6.07) is 10.4. The highest BCUT2D eigenvalue weighted by molar-refractivity contribution is 5.33. The van der Waals surface area contributed by atoms with Crippen LogP contribution >= 0.6 is 0 Å². The summed E-state index contributed by atoms with van der Waals surface area (Å²) in [4.78, 5) is 0. The first-order valence-electron chi connectivity index (χ1n) is 4.13. The fourth-order valence-corrected chi connectivity index (χ4v) is 1.36. The molecular weight excluding hydrogens is 148 g/mol. The van der Waals surface area contributed by atoms with Crippen molar-refractivity contribution >= 4 is 0 Å². The van der Waals surface area contributed by atoms with Crippen LogP contribution in [-0.4, -0.2) is 6.54 Å². The molecule has 1 aromatic rings. The number of rotatable bonds is 1. The van der Waals surface area contributed by atoms with Crippen molar-refractivity contribution in [2.24, 2.45) is 0 Å². The van der Waals surface area contributed by atoms with Gasteiger partial charge in [0.2, 0.25) is 0 Å². The quantitative estimate of drug-likeness (QED) is 0.673. The van der Waals surface area contributed by atoms with E-state index in [4.69, 9.17) is 5.26 Å². The molecule has 60 valence electrons. The fraction of sp³-hybridized carbons (Fsp3) is 0.300. The second kappa shape index (κ2) is 2.96. The van der Waals surface area contributed by atoms with Crippen LogP contribution in [0.25, 0.3) is 0 Å². The fourth-order valence-electron chi connectivity index (χ4n) is 1.36. The van der Waals surface area contributed by atoms with Crippen molar-refractivity contribution in [2.45, 2.75) is 12.5 Å². The Kier molecular flexibility index (Phi) is 1.81. The molecule has 0 aromatic heterocycles. The van der Waals surface area contributed by atoms with Gasteiger partial charge in [-0.25, -0.2) is 0 Å². The molecule has 0 spiro atoms. The molecule has 1 saturated heterocycles. The standard InChI is InChI=1S/C10H10N2/c11-7-8-1-3-9(4-2-8)10-5-6-12-10/h1-4,10,12H,5-6H2. The second-order valence-corrected chi connectivity index (χ2v) is 3.03. The second-order valence-electron chi connectivity index (χ2n) is 3.03. The maximum Gasteiger partial charge on any atom is 0.0991 e. The molecule has 0 amide bonds. The first-order valence-corrected chi connectivity index (χ1v) is 4.13. The van der Waals surface area contributed by atoms with E-state index in [0.717, 1.165) is 12.1 Å². The molecule has 0 radical (unpaired) electrons. The number of benzene rings is 1. The van der Waals surface area contributed by atoms with Crippen LogP contribution in [0.1, 0.15) is 23.6 Å². The summed E-state index contributed by atoms with van der Waals surface area (Å²) in [5, 5.41) is 11.9. The molecule has 2 rings (SSSR count). The van der Waals surface area contributed by atoms with E-state index in [1.165, 1.54) is 12.0 Å². The molecule has 1 N–H and O–H groups in total. The Balaban J connectivity index is 2.19. The van der Waals surface area contributed by atoms with Crippen molar-refractivity contribution in [3.63, 3.8) is 0 Å². The van der Waals surface area contributed by atoms with Gasteiger partial charge in [0.25, 0.3) is 0 Å². The Hall–Kier alpha value is -1.33. The third kappa shape index (κ3) is 1.19. The third-order valence-corrected chi connectivity index (χ3v) is 2.27. The number of nitrogens with zero attached hydrogens (tertiary/aromatic N) is 1. The van der Waals surface area contributed by atoms with Gasteiger partial charge in [-0.15, -0.1) is 0 Å². The van der Waals surface area contributed by atoms with Gasteiger partial charge in [0.05, 0.1) is 11.6 Å². The normalized spacial score (nSPS) is 21.1. The summed E-state index contributed by atoms with van der Waals surface area (Å²) in [7, 11) is 0. The van der Waals surface area contributed by atoms with E-state index in [0.29, 0.717) is 6.04 Å². The molecule has 2 nitrogen and oxygen atoms in total. The lowest BCUT2D eigenvalue weighted by atomic mass is 9.97. The topological polar surface area (TPSA) is 35.8 Å². The average Bonchev–Trinajstić information content (AvgIpc) is 2.03. The minimum Gasteiger partial charge on any atom is -0.310 e. The summed E-state index contributed by atoms with van der Waals surface area (Å²) in [5.41, 5.74) is 2.03. The molecule has 1 aliphatic rings. The third-order valence-electron chi connectivity index (χ3n) is 2.27. The minimum absolute atomic E-state index is 0.526. The lowest BCUT2D eigenvalue weighted by Gasteiger charge is -2.27. The molecule has 1 unspecified atom stereocenters. The van der Waals surface area contributed by atoms with Gasteiger partial charge in [-0.3, -0.25) is 0 Å². The molecule has 12 heavy (non-hydrogen) atoms. The average molecular weight is 158 g/mol. The molecular formula is C10H10N2. The highest BCUT2D eigenvalue weighted by Gasteiger charge is 2.17. The number of hydrogen-bond donors (Lipinski definition) is 1. The predicted octanol–water partition coefficient (Wildman–Crippen LogP) is 1.59. The van der Waals surface area contributed by atoms with Crippen LogP contribution < -0.4 is 5.32 Å². The highest BCUT2D eigenvalue weighted by atomic mass is 15.0. The lowest BCUT2D eigenvalue weighted by Crippen LogP contribution is -2.34. The monoisotopic (exact) mass is 158 g/mol. The predicted molar refractivity (Wildman–Crippen MR) is 46.5 cm³/mol. The number of hydrogen-bond acceptors (Lipinski definition) is 2. The van der Waals surface area contributed by atoms with Crippen molar-refractivity contribution in [3.8, 4) is 6.07 Å². The Morgan fingerprint density at radius 3 is 2.42 bits per heavy atom. The molecule has 1 aromatic carbocycles. The molecule has 1 heterocycles. The van der Waals surface area contributed by atoms with Crippen LogP contribution in [0.15, 0.2) is 24.3 Å². The summed E-state index contributed by atoms with van der Waals surface area (Å²) in [6.07, 6.45) is 1.21. The zero-order chi connectivity index (χ0) is 8.39. The van der Waals surface area contributed by atoms with Gasteiger partial charge < -0.3 is 5.32 Å². The Bertz CT molecular complexity index is 304. The van der Waals surface area contributed by atoms with Crippen LogP contribution in [0.5, 0.6) is 0 Å². The van der Waals surface area contributed by atoms with Gasteiger partial charge in [0.15, 0.2) is 0 Å². The summed E-state index contributed by atoms with van der Waals surface area (Å²) >= 11 is 0. The van der Waals surface area contributed by atoms with Gasteiger partial charge in [-0.05, 0) is 30.7 Å². The maximum atomic E-state index is 8.57. The SMILES string of the molecule is N#Cc1ccc(C2CCN2)cc1. The minimum atomic E-state index is 0.526. The van der Waals surface area contributed by atoms with E-state index in [1.807, 2.05) is 24.3 Å². The maximum absolute atomic E-state index is 8.57. The number of nitrogens with one attached hydrogen (secondary N) is 1. The van der Waals surface area contributed by atoms with Gasteiger partial charge in [0.1, 0.15) is 0 Å². The Morgan fingerprint density at radius 2 is 2.00 bits per heavy atom. The van der Waals surface area contributed by atoms with E-state index >= 15 is 0 Å². The number of nitriles is 1. The molecule has 1 atom stereocenters. The summed E-state index contributed by atoms with van der Waals surface area (Å²) in [5.74, 6) is 0. The molecule has 1 aliphatic heterocycles.